The van der Waals surface area contributed by atoms with Crippen LogP contribution in [0.15, 0.2) is 108 Å². The molecule has 47 heavy (non-hydrogen) atoms. The van der Waals surface area contributed by atoms with Gasteiger partial charge in [-0.25, -0.2) is 4.98 Å². The third-order valence-corrected chi connectivity index (χ3v) is 8.12. The average Bonchev–Trinajstić information content (AvgIpc) is 3.44. The molecule has 8 rings (SSSR count). The van der Waals surface area contributed by atoms with E-state index in [4.69, 9.17) is 9.40 Å². The molecule has 0 unspecified atom stereocenters. The van der Waals surface area contributed by atoms with Gasteiger partial charge in [-0.3, -0.25) is 4.98 Å². The summed E-state index contributed by atoms with van der Waals surface area (Å²) >= 11 is 0. The Balaban J connectivity index is 0.000000217. The second kappa shape index (κ2) is 13.4. The molecular formula is C41H32IrN4O-2. The molecule has 0 bridgehead atoms. The Morgan fingerprint density at radius 1 is 0.638 bits per heavy atom. The fourth-order valence-electron chi connectivity index (χ4n) is 5.71. The number of rotatable bonds is 3. The number of nitrogens with zero attached hydrogens (tertiary/aromatic N) is 4. The Morgan fingerprint density at radius 3 is 2.19 bits per heavy atom. The number of aryl methyl sites for hydroxylation is 5. The third-order valence-electron chi connectivity index (χ3n) is 8.12. The van der Waals surface area contributed by atoms with Gasteiger partial charge in [0.2, 0.25) is 5.71 Å². The minimum atomic E-state index is 0. The van der Waals surface area contributed by atoms with E-state index in [0.717, 1.165) is 66.7 Å². The Hall–Kier alpha value is -5.03. The first-order chi connectivity index (χ1) is 22.3. The van der Waals surface area contributed by atoms with Crippen molar-refractivity contribution in [2.75, 3.05) is 0 Å². The van der Waals surface area contributed by atoms with Gasteiger partial charge >= 0.3 is 0 Å². The number of fused-ring (bicyclic) bond motifs is 4. The van der Waals surface area contributed by atoms with Gasteiger partial charge in [0.25, 0.3) is 0 Å². The minimum Gasteiger partial charge on any atom is -0.486 e. The van der Waals surface area contributed by atoms with E-state index in [1.165, 1.54) is 22.3 Å². The molecule has 0 atom stereocenters. The van der Waals surface area contributed by atoms with Crippen LogP contribution < -0.4 is 0 Å². The first kappa shape index (κ1) is 31.9. The van der Waals surface area contributed by atoms with E-state index in [1.807, 2.05) is 69.6 Å². The molecule has 0 spiro atoms. The quantitative estimate of drug-likeness (QED) is 0.167. The fraction of sp³-hybridized carbons (Fsp3) is 0.122. The Labute approximate surface area is 288 Å². The molecule has 5 aromatic heterocycles. The Morgan fingerprint density at radius 2 is 1.43 bits per heavy atom. The van der Waals surface area contributed by atoms with Crippen LogP contribution in [0.1, 0.15) is 28.1 Å². The molecule has 0 fully saturated rings. The molecule has 1 radical (unpaired) electrons. The minimum absolute atomic E-state index is 0. The number of benzene rings is 3. The fourth-order valence-corrected chi connectivity index (χ4v) is 5.71. The Kier molecular flexibility index (Phi) is 9.08. The van der Waals surface area contributed by atoms with Crippen LogP contribution in [0, 0.1) is 46.8 Å². The molecule has 8 aromatic rings. The second-order valence-electron chi connectivity index (χ2n) is 11.7. The molecule has 6 heteroatoms. The van der Waals surface area contributed by atoms with Crippen molar-refractivity contribution in [3.05, 3.63) is 144 Å². The zero-order chi connectivity index (χ0) is 31.8. The van der Waals surface area contributed by atoms with Crippen molar-refractivity contribution in [2.45, 2.75) is 34.6 Å². The topological polar surface area (TPSA) is 64.7 Å². The van der Waals surface area contributed by atoms with Crippen LogP contribution in [0.25, 0.3) is 66.6 Å². The smallest absolute Gasteiger partial charge is 0.216 e. The standard InChI is InChI=1S/C28H20N3O.C13H12N.Ir/c1-16-7-12-24-22(11-9-17(2)30-24)26(16)19-13-14-29-25(15-19)23-6-4-5-20-21-10-8-18(3)31-28(21)32-27(20)23;1-10-3-6-12(7-4-10)13-8-5-11(2)9-14-13;/h4-5,7-15H,1-3H3;3-6,8-9H,1-2H3;/q2*-1;. The van der Waals surface area contributed by atoms with Gasteiger partial charge in [-0.15, -0.1) is 53.6 Å². The summed E-state index contributed by atoms with van der Waals surface area (Å²) < 4.78 is 6.18. The van der Waals surface area contributed by atoms with Crippen LogP contribution in [0.2, 0.25) is 0 Å². The number of hydrogen-bond donors (Lipinski definition) is 0. The molecular weight excluding hydrogens is 757 g/mol. The molecule has 0 amide bonds. The summed E-state index contributed by atoms with van der Waals surface area (Å²) in [7, 11) is 0. The second-order valence-corrected chi connectivity index (χ2v) is 11.7. The predicted octanol–water partition coefficient (Wildman–Crippen LogP) is 10.1. The van der Waals surface area contributed by atoms with E-state index in [1.54, 1.807) is 0 Å². The van der Waals surface area contributed by atoms with Gasteiger partial charge in [0.15, 0.2) is 0 Å². The van der Waals surface area contributed by atoms with Crippen molar-refractivity contribution in [3.8, 4) is 33.6 Å². The largest absolute Gasteiger partial charge is 0.486 e. The number of furan rings is 1. The van der Waals surface area contributed by atoms with Gasteiger partial charge in [-0.05, 0) is 91.7 Å². The maximum atomic E-state index is 6.18. The molecule has 0 aliphatic rings. The first-order valence-corrected chi connectivity index (χ1v) is 15.3. The van der Waals surface area contributed by atoms with Gasteiger partial charge in [-0.2, -0.15) is 0 Å². The summed E-state index contributed by atoms with van der Waals surface area (Å²) in [4.78, 5) is 18.3. The van der Waals surface area contributed by atoms with E-state index < -0.39 is 0 Å². The normalized spacial score (nSPS) is 10.9. The number of pyridine rings is 4. The van der Waals surface area contributed by atoms with Crippen LogP contribution in [0.3, 0.4) is 0 Å². The Bertz CT molecular complexity index is 2320. The molecule has 5 heterocycles. The molecule has 5 nitrogen and oxygen atoms in total. The van der Waals surface area contributed by atoms with Crippen molar-refractivity contribution in [3.63, 3.8) is 0 Å². The van der Waals surface area contributed by atoms with Crippen molar-refractivity contribution in [1.29, 1.82) is 0 Å². The number of hydrogen-bond acceptors (Lipinski definition) is 5. The molecule has 233 valence electrons. The van der Waals surface area contributed by atoms with Crippen molar-refractivity contribution >= 4 is 33.0 Å². The van der Waals surface area contributed by atoms with Crippen LogP contribution >= 0.6 is 0 Å². The molecule has 0 aliphatic heterocycles. The van der Waals surface area contributed by atoms with E-state index >= 15 is 0 Å². The summed E-state index contributed by atoms with van der Waals surface area (Å²) in [6, 6.07) is 37.4. The summed E-state index contributed by atoms with van der Waals surface area (Å²) in [5.41, 5.74) is 13.9. The van der Waals surface area contributed by atoms with Gasteiger partial charge in [-0.1, -0.05) is 48.2 Å². The van der Waals surface area contributed by atoms with Gasteiger partial charge in [0.1, 0.15) is 0 Å². The van der Waals surface area contributed by atoms with E-state index in [2.05, 4.69) is 95.5 Å². The van der Waals surface area contributed by atoms with Crippen LogP contribution in [-0.2, 0) is 20.1 Å². The summed E-state index contributed by atoms with van der Waals surface area (Å²) in [6.45, 7) is 10.2. The van der Waals surface area contributed by atoms with Crippen molar-refractivity contribution in [2.24, 2.45) is 0 Å². The van der Waals surface area contributed by atoms with Gasteiger partial charge in [0.05, 0.1) is 11.1 Å². The maximum Gasteiger partial charge on any atom is 0.216 e. The van der Waals surface area contributed by atoms with Gasteiger partial charge < -0.3 is 14.4 Å². The molecule has 0 saturated heterocycles. The zero-order valence-electron chi connectivity index (χ0n) is 26.8. The monoisotopic (exact) mass is 789 g/mol. The molecule has 3 aromatic carbocycles. The summed E-state index contributed by atoms with van der Waals surface area (Å²) in [5.74, 6) is 0. The first-order valence-electron chi connectivity index (χ1n) is 15.3. The summed E-state index contributed by atoms with van der Waals surface area (Å²) in [6.07, 6.45) is 3.73. The van der Waals surface area contributed by atoms with Crippen LogP contribution in [0.4, 0.5) is 0 Å². The third kappa shape index (κ3) is 6.48. The molecule has 0 aliphatic carbocycles. The van der Waals surface area contributed by atoms with Crippen LogP contribution in [0.5, 0.6) is 0 Å². The zero-order valence-corrected chi connectivity index (χ0v) is 29.2. The maximum absolute atomic E-state index is 6.18. The predicted molar refractivity (Wildman–Crippen MR) is 187 cm³/mol. The van der Waals surface area contributed by atoms with E-state index in [-0.39, 0.29) is 20.1 Å². The van der Waals surface area contributed by atoms with E-state index in [0.29, 0.717) is 5.71 Å². The van der Waals surface area contributed by atoms with Crippen molar-refractivity contribution in [1.82, 2.24) is 19.9 Å². The molecule has 0 N–H and O–H groups in total. The number of aromatic nitrogens is 4. The van der Waals surface area contributed by atoms with Crippen LogP contribution in [-0.4, -0.2) is 19.9 Å². The van der Waals surface area contributed by atoms with E-state index in [9.17, 15) is 0 Å². The SMILES string of the molecule is Cc1c[c-]c(-c2ccc(C)cn2)cc1.Cc1ccc2c(-c3ccnc(-c4[c-]ccc5c4oc4nc(C)ccc45)c3)c(C)ccc2n1.[Ir]. The van der Waals surface area contributed by atoms with Gasteiger partial charge in [0, 0.05) is 54.7 Å². The van der Waals surface area contributed by atoms with Crippen molar-refractivity contribution < 1.29 is 24.5 Å². The average molecular weight is 789 g/mol. The molecule has 0 saturated carbocycles. The summed E-state index contributed by atoms with van der Waals surface area (Å²) in [5, 5.41) is 3.16.